The number of hydrogen-bond acceptors (Lipinski definition) is 5. The molecule has 0 fully saturated rings. The van der Waals surface area contributed by atoms with Crippen molar-refractivity contribution in [1.29, 1.82) is 0 Å². The van der Waals surface area contributed by atoms with Gasteiger partial charge in [-0.1, -0.05) is 18.2 Å². The summed E-state index contributed by atoms with van der Waals surface area (Å²) < 4.78 is 29.2. The molecule has 0 radical (unpaired) electrons. The van der Waals surface area contributed by atoms with Crippen LogP contribution in [0.1, 0.15) is 24.1 Å². The first-order chi connectivity index (χ1) is 14.5. The molecule has 0 bridgehead atoms. The van der Waals surface area contributed by atoms with Crippen molar-refractivity contribution in [3.8, 4) is 11.5 Å². The Morgan fingerprint density at radius 1 is 1.23 bits per heavy atom. The van der Waals surface area contributed by atoms with Gasteiger partial charge >= 0.3 is 5.97 Å². The minimum atomic E-state index is -0.509. The van der Waals surface area contributed by atoms with Gasteiger partial charge in [0.1, 0.15) is 5.82 Å². The number of carbonyl (C=O) groups is 1. The van der Waals surface area contributed by atoms with Gasteiger partial charge < -0.3 is 24.4 Å². The number of esters is 1. The van der Waals surface area contributed by atoms with Crippen LogP contribution in [-0.2, 0) is 16.1 Å². The van der Waals surface area contributed by atoms with Crippen molar-refractivity contribution >= 4 is 11.9 Å². The first-order valence-electron chi connectivity index (χ1n) is 9.45. The van der Waals surface area contributed by atoms with E-state index in [9.17, 15) is 9.18 Å². The van der Waals surface area contributed by atoms with Gasteiger partial charge in [0.05, 0.1) is 25.3 Å². The van der Waals surface area contributed by atoms with Crippen LogP contribution in [0, 0.1) is 5.82 Å². The van der Waals surface area contributed by atoms with Crippen LogP contribution in [0.2, 0.25) is 0 Å². The van der Waals surface area contributed by atoms with Crippen molar-refractivity contribution < 1.29 is 23.4 Å². The lowest BCUT2D eigenvalue weighted by atomic mass is 9.95. The topological polar surface area (TPSA) is 72.4 Å². The van der Waals surface area contributed by atoms with Crippen molar-refractivity contribution in [3.05, 3.63) is 70.7 Å². The summed E-state index contributed by atoms with van der Waals surface area (Å²) in [4.78, 5) is 19.0. The molecule has 2 heterocycles. The summed E-state index contributed by atoms with van der Waals surface area (Å²) in [5, 5.41) is 3.30. The van der Waals surface area contributed by atoms with E-state index in [0.717, 1.165) is 16.9 Å². The van der Waals surface area contributed by atoms with E-state index in [2.05, 4.69) is 5.32 Å². The average molecular weight is 411 g/mol. The van der Waals surface area contributed by atoms with Gasteiger partial charge in [0.2, 0.25) is 6.79 Å². The van der Waals surface area contributed by atoms with Gasteiger partial charge in [-0.2, -0.15) is 0 Å². The summed E-state index contributed by atoms with van der Waals surface area (Å²) in [5.41, 5.74) is 2.86. The van der Waals surface area contributed by atoms with Crippen LogP contribution in [0.4, 0.5) is 4.39 Å². The SMILES string of the molecule is COC(=O)C1=C(C)N(C)C(=NCc2ccc3c(c2)OCO3)NC1c1ccc(F)cc1. The second kappa shape index (κ2) is 8.06. The predicted octanol–water partition coefficient (Wildman–Crippen LogP) is 3.13. The minimum Gasteiger partial charge on any atom is -0.466 e. The summed E-state index contributed by atoms with van der Waals surface area (Å²) >= 11 is 0. The van der Waals surface area contributed by atoms with Crippen LogP contribution in [0.5, 0.6) is 11.5 Å². The van der Waals surface area contributed by atoms with Crippen molar-refractivity contribution in [1.82, 2.24) is 10.2 Å². The van der Waals surface area contributed by atoms with Crippen molar-refractivity contribution in [2.45, 2.75) is 19.5 Å². The molecule has 4 rings (SSSR count). The number of carbonyl (C=O) groups excluding carboxylic acids is 1. The van der Waals surface area contributed by atoms with Crippen LogP contribution in [0.3, 0.4) is 0 Å². The van der Waals surface area contributed by atoms with Crippen LogP contribution in [0.25, 0.3) is 0 Å². The van der Waals surface area contributed by atoms with E-state index < -0.39 is 12.0 Å². The lowest BCUT2D eigenvalue weighted by Crippen LogP contribution is -2.47. The molecular formula is C22H22FN3O4. The third-order valence-electron chi connectivity index (χ3n) is 5.23. The number of nitrogens with one attached hydrogen (secondary N) is 1. The van der Waals surface area contributed by atoms with Crippen molar-refractivity contribution in [2.75, 3.05) is 21.0 Å². The van der Waals surface area contributed by atoms with Crippen LogP contribution in [0.15, 0.2) is 58.7 Å². The number of benzene rings is 2. The molecule has 1 unspecified atom stereocenters. The van der Waals surface area contributed by atoms with Gasteiger partial charge in [0.25, 0.3) is 0 Å². The second-order valence-electron chi connectivity index (χ2n) is 7.01. The van der Waals surface area contributed by atoms with Gasteiger partial charge in [-0.3, -0.25) is 0 Å². The zero-order valence-corrected chi connectivity index (χ0v) is 16.9. The van der Waals surface area contributed by atoms with Crippen LogP contribution >= 0.6 is 0 Å². The number of fused-ring (bicyclic) bond motifs is 1. The Balaban J connectivity index is 1.66. The molecule has 2 aliphatic rings. The molecule has 0 aliphatic carbocycles. The number of methoxy groups -OCH3 is 1. The highest BCUT2D eigenvalue weighted by Crippen LogP contribution is 2.33. The van der Waals surface area contributed by atoms with Crippen LogP contribution < -0.4 is 14.8 Å². The van der Waals surface area contributed by atoms with Crippen molar-refractivity contribution in [3.63, 3.8) is 0 Å². The summed E-state index contributed by atoms with van der Waals surface area (Å²) in [6, 6.07) is 11.2. The van der Waals surface area contributed by atoms with Crippen molar-refractivity contribution in [2.24, 2.45) is 4.99 Å². The van der Waals surface area contributed by atoms with E-state index in [1.807, 2.05) is 32.2 Å². The molecule has 0 saturated carbocycles. The zero-order valence-electron chi connectivity index (χ0n) is 16.9. The molecule has 156 valence electrons. The Bertz CT molecular complexity index is 1030. The minimum absolute atomic E-state index is 0.219. The Hall–Kier alpha value is -3.55. The van der Waals surface area contributed by atoms with E-state index in [1.165, 1.54) is 19.2 Å². The normalized spacial score (nSPS) is 19.1. The molecule has 0 spiro atoms. The molecule has 1 atom stereocenters. The second-order valence-corrected chi connectivity index (χ2v) is 7.01. The molecule has 8 heteroatoms. The largest absolute Gasteiger partial charge is 0.466 e. The molecular weight excluding hydrogens is 389 g/mol. The Kier molecular flexibility index (Phi) is 5.31. The number of nitrogens with zero attached hydrogens (tertiary/aromatic N) is 2. The molecule has 1 N–H and O–H groups in total. The monoisotopic (exact) mass is 411 g/mol. The number of ether oxygens (including phenoxy) is 3. The van der Waals surface area contributed by atoms with Gasteiger partial charge in [-0.15, -0.1) is 0 Å². The Morgan fingerprint density at radius 2 is 1.97 bits per heavy atom. The molecule has 0 amide bonds. The first kappa shape index (κ1) is 19.8. The standard InChI is InChI=1S/C22H22FN3O4/c1-13-19(21(27)28-3)20(15-5-7-16(23)8-6-15)25-22(26(13)2)24-11-14-4-9-17-18(10-14)30-12-29-17/h4-10,20H,11-12H2,1-3H3,(H,24,25). The number of aliphatic imine (C=N–C) groups is 1. The van der Waals surface area contributed by atoms with Gasteiger partial charge in [0.15, 0.2) is 17.5 Å². The van der Waals surface area contributed by atoms with E-state index in [0.29, 0.717) is 29.5 Å². The van der Waals surface area contributed by atoms with E-state index in [1.54, 1.807) is 17.0 Å². The molecule has 7 nitrogen and oxygen atoms in total. The van der Waals surface area contributed by atoms with Gasteiger partial charge in [0, 0.05) is 12.7 Å². The highest BCUT2D eigenvalue weighted by molar-refractivity contribution is 5.96. The maximum Gasteiger partial charge on any atom is 0.337 e. The summed E-state index contributed by atoms with van der Waals surface area (Å²) in [6.07, 6.45) is 0. The Labute approximate surface area is 173 Å². The first-order valence-corrected chi connectivity index (χ1v) is 9.45. The molecule has 0 saturated heterocycles. The smallest absolute Gasteiger partial charge is 0.337 e. The maximum atomic E-state index is 13.4. The summed E-state index contributed by atoms with van der Waals surface area (Å²) in [6.45, 7) is 2.46. The van der Waals surface area contributed by atoms with E-state index in [4.69, 9.17) is 19.2 Å². The molecule has 2 aliphatic heterocycles. The molecule has 2 aromatic carbocycles. The fourth-order valence-corrected chi connectivity index (χ4v) is 3.48. The number of guanidine groups is 1. The van der Waals surface area contributed by atoms with E-state index >= 15 is 0 Å². The lowest BCUT2D eigenvalue weighted by Gasteiger charge is -2.35. The third-order valence-corrected chi connectivity index (χ3v) is 5.23. The highest BCUT2D eigenvalue weighted by atomic mass is 19.1. The maximum absolute atomic E-state index is 13.4. The van der Waals surface area contributed by atoms with Gasteiger partial charge in [-0.05, 0) is 42.3 Å². The molecule has 0 aromatic heterocycles. The van der Waals surface area contributed by atoms with Gasteiger partial charge in [-0.25, -0.2) is 14.2 Å². The number of rotatable bonds is 4. The fraction of sp³-hybridized carbons (Fsp3) is 0.273. The van der Waals surface area contributed by atoms with Crippen LogP contribution in [-0.4, -0.2) is 37.8 Å². The number of halogens is 1. The molecule has 2 aromatic rings. The summed E-state index contributed by atoms with van der Waals surface area (Å²) in [7, 11) is 3.16. The highest BCUT2D eigenvalue weighted by Gasteiger charge is 2.33. The summed E-state index contributed by atoms with van der Waals surface area (Å²) in [5.74, 6) is 1.22. The zero-order chi connectivity index (χ0) is 21.3. The Morgan fingerprint density at radius 3 is 2.70 bits per heavy atom. The third kappa shape index (κ3) is 3.68. The number of hydrogen-bond donors (Lipinski definition) is 1. The molecule has 30 heavy (non-hydrogen) atoms. The predicted molar refractivity (Wildman–Crippen MR) is 108 cm³/mol. The number of allylic oxidation sites excluding steroid dienone is 1. The quantitative estimate of drug-likeness (QED) is 0.780. The average Bonchev–Trinajstić information content (AvgIpc) is 3.22. The fourth-order valence-electron chi connectivity index (χ4n) is 3.48. The lowest BCUT2D eigenvalue weighted by molar-refractivity contribution is -0.136. The van der Waals surface area contributed by atoms with E-state index in [-0.39, 0.29) is 12.6 Å².